The maximum Gasteiger partial charge on any atom is 0.272 e. The minimum absolute atomic E-state index is 0.0932. The van der Waals surface area contributed by atoms with Crippen LogP contribution in [-0.4, -0.2) is 21.2 Å². The molecule has 0 spiro atoms. The number of hydrogen-bond acceptors (Lipinski definition) is 6. The molecule has 6 nitrogen and oxygen atoms in total. The molecule has 154 valence electrons. The Morgan fingerprint density at radius 3 is 2.74 bits per heavy atom. The second-order valence-corrected chi connectivity index (χ2v) is 8.66. The third kappa shape index (κ3) is 4.53. The topological polar surface area (TPSA) is 87.8 Å². The van der Waals surface area contributed by atoms with Gasteiger partial charge in [-0.1, -0.05) is 48.2 Å². The lowest BCUT2D eigenvalue weighted by Crippen LogP contribution is -2.22. The van der Waals surface area contributed by atoms with Crippen LogP contribution in [0.5, 0.6) is 0 Å². The Kier molecular flexibility index (Phi) is 6.16. The Balaban J connectivity index is 1.57. The lowest BCUT2D eigenvalue weighted by atomic mass is 10.2. The van der Waals surface area contributed by atoms with Gasteiger partial charge in [0.2, 0.25) is 5.91 Å². The van der Waals surface area contributed by atoms with Gasteiger partial charge in [-0.25, -0.2) is 4.98 Å². The Labute approximate surface area is 187 Å². The van der Waals surface area contributed by atoms with Crippen molar-refractivity contribution in [3.8, 4) is 16.5 Å². The van der Waals surface area contributed by atoms with E-state index in [1.165, 1.54) is 23.1 Å². The van der Waals surface area contributed by atoms with Crippen LogP contribution in [0.2, 0.25) is 0 Å². The van der Waals surface area contributed by atoms with Gasteiger partial charge in [-0.2, -0.15) is 5.26 Å². The van der Waals surface area contributed by atoms with Crippen molar-refractivity contribution in [2.75, 3.05) is 11.1 Å². The average Bonchev–Trinajstić information content (AvgIpc) is 3.23. The number of fused-ring (bicyclic) bond motifs is 1. The van der Waals surface area contributed by atoms with E-state index in [2.05, 4.69) is 10.3 Å². The highest BCUT2D eigenvalue weighted by Crippen LogP contribution is 2.32. The van der Waals surface area contributed by atoms with Crippen molar-refractivity contribution >= 4 is 44.9 Å². The second-order valence-electron chi connectivity index (χ2n) is 6.66. The minimum Gasteiger partial charge on any atom is -0.325 e. The van der Waals surface area contributed by atoms with Gasteiger partial charge in [-0.15, -0.1) is 11.3 Å². The Bertz CT molecular complexity index is 1350. The predicted octanol–water partition coefficient (Wildman–Crippen LogP) is 4.75. The van der Waals surface area contributed by atoms with E-state index >= 15 is 0 Å². The Hall–Kier alpha value is -3.41. The second kappa shape index (κ2) is 9.16. The number of anilines is 1. The summed E-state index contributed by atoms with van der Waals surface area (Å²) in [5.41, 5.74) is 2.63. The van der Waals surface area contributed by atoms with Crippen LogP contribution in [0.1, 0.15) is 12.5 Å². The summed E-state index contributed by atoms with van der Waals surface area (Å²) in [5, 5.41) is 12.3. The first-order chi connectivity index (χ1) is 15.1. The molecular formula is C23H18N4O2S2. The number of thiophene rings is 1. The zero-order valence-corrected chi connectivity index (χ0v) is 18.3. The van der Waals surface area contributed by atoms with E-state index < -0.39 is 0 Å². The largest absolute Gasteiger partial charge is 0.325 e. The third-order valence-corrected chi connectivity index (χ3v) is 6.72. The summed E-state index contributed by atoms with van der Waals surface area (Å²) in [6, 6.07) is 20.6. The maximum absolute atomic E-state index is 13.0. The van der Waals surface area contributed by atoms with Crippen molar-refractivity contribution in [1.82, 2.24) is 9.55 Å². The fourth-order valence-electron chi connectivity index (χ4n) is 3.12. The molecule has 0 saturated carbocycles. The highest BCUT2D eigenvalue weighted by atomic mass is 32.2. The van der Waals surface area contributed by atoms with Gasteiger partial charge < -0.3 is 5.32 Å². The number of hydrogen-bond donors (Lipinski definition) is 1. The average molecular weight is 447 g/mol. The molecule has 2 aromatic carbocycles. The summed E-state index contributed by atoms with van der Waals surface area (Å²) in [7, 11) is 0. The predicted molar refractivity (Wildman–Crippen MR) is 126 cm³/mol. The van der Waals surface area contributed by atoms with Crippen molar-refractivity contribution in [3.05, 3.63) is 76.6 Å². The minimum atomic E-state index is -0.229. The monoisotopic (exact) mass is 446 g/mol. The van der Waals surface area contributed by atoms with Crippen molar-refractivity contribution in [2.24, 2.45) is 0 Å². The van der Waals surface area contributed by atoms with Crippen LogP contribution in [-0.2, 0) is 11.3 Å². The van der Waals surface area contributed by atoms with Gasteiger partial charge in [0.15, 0.2) is 5.16 Å². The number of nitriles is 1. The summed E-state index contributed by atoms with van der Waals surface area (Å²) in [6.07, 6.45) is 0. The quantitative estimate of drug-likeness (QED) is 0.341. The standard InChI is InChI=1S/C23H18N4O2S2/c1-2-27-22(29)21-18(12-19(31-21)16-8-4-3-5-9-16)26-23(27)30-14-20(28)25-17-10-6-7-15(11-17)13-24/h3-12H,2,14H2,1H3,(H,25,28). The van der Waals surface area contributed by atoms with Crippen molar-refractivity contribution in [2.45, 2.75) is 18.6 Å². The van der Waals surface area contributed by atoms with Crippen LogP contribution >= 0.6 is 23.1 Å². The molecule has 0 aliphatic rings. The SMILES string of the molecule is CCn1c(SCC(=O)Nc2cccc(C#N)c2)nc2cc(-c3ccccc3)sc2c1=O. The number of carbonyl (C=O) groups excluding carboxylic acids is 1. The van der Waals surface area contributed by atoms with Gasteiger partial charge in [0.1, 0.15) is 4.70 Å². The van der Waals surface area contributed by atoms with Gasteiger partial charge in [-0.3, -0.25) is 14.2 Å². The lowest BCUT2D eigenvalue weighted by molar-refractivity contribution is -0.113. The van der Waals surface area contributed by atoms with Crippen LogP contribution < -0.4 is 10.9 Å². The van der Waals surface area contributed by atoms with Gasteiger partial charge in [0.25, 0.3) is 5.56 Å². The van der Waals surface area contributed by atoms with Crippen LogP contribution in [0.4, 0.5) is 5.69 Å². The van der Waals surface area contributed by atoms with E-state index in [-0.39, 0.29) is 17.2 Å². The Morgan fingerprint density at radius 1 is 1.19 bits per heavy atom. The number of amides is 1. The van der Waals surface area contributed by atoms with E-state index in [9.17, 15) is 9.59 Å². The van der Waals surface area contributed by atoms with E-state index in [0.29, 0.717) is 33.2 Å². The number of aromatic nitrogens is 2. The number of nitrogens with one attached hydrogen (secondary N) is 1. The normalized spacial score (nSPS) is 10.7. The zero-order valence-electron chi connectivity index (χ0n) is 16.7. The van der Waals surface area contributed by atoms with E-state index in [0.717, 1.165) is 10.4 Å². The van der Waals surface area contributed by atoms with Gasteiger partial charge in [0.05, 0.1) is 22.9 Å². The molecule has 4 rings (SSSR count). The van der Waals surface area contributed by atoms with E-state index in [1.54, 1.807) is 28.8 Å². The summed E-state index contributed by atoms with van der Waals surface area (Å²) in [6.45, 7) is 2.35. The number of carbonyl (C=O) groups is 1. The first-order valence-electron chi connectivity index (χ1n) is 9.61. The van der Waals surface area contributed by atoms with Gasteiger partial charge in [-0.05, 0) is 36.8 Å². The van der Waals surface area contributed by atoms with Crippen molar-refractivity contribution in [3.63, 3.8) is 0 Å². The molecule has 1 N–H and O–H groups in total. The zero-order chi connectivity index (χ0) is 21.8. The molecule has 2 aromatic heterocycles. The summed E-state index contributed by atoms with van der Waals surface area (Å²) < 4.78 is 2.21. The summed E-state index contributed by atoms with van der Waals surface area (Å²) in [5.74, 6) is -0.128. The molecule has 0 fully saturated rings. The number of benzene rings is 2. The first kappa shape index (κ1) is 20.8. The Morgan fingerprint density at radius 2 is 2.00 bits per heavy atom. The third-order valence-electron chi connectivity index (χ3n) is 4.58. The molecule has 0 unspecified atom stereocenters. The number of nitrogens with zero attached hydrogens (tertiary/aromatic N) is 3. The molecule has 0 aliphatic carbocycles. The molecule has 1 amide bonds. The molecule has 0 atom stereocenters. The number of rotatable bonds is 6. The number of thioether (sulfide) groups is 1. The molecule has 8 heteroatoms. The molecular weight excluding hydrogens is 428 g/mol. The summed E-state index contributed by atoms with van der Waals surface area (Å²) >= 11 is 2.66. The highest BCUT2D eigenvalue weighted by molar-refractivity contribution is 7.99. The maximum atomic E-state index is 13.0. The van der Waals surface area contributed by atoms with E-state index in [4.69, 9.17) is 5.26 Å². The molecule has 0 saturated heterocycles. The fourth-order valence-corrected chi connectivity index (χ4v) is 5.03. The van der Waals surface area contributed by atoms with Crippen LogP contribution in [0.3, 0.4) is 0 Å². The molecule has 0 bridgehead atoms. The van der Waals surface area contributed by atoms with Crippen molar-refractivity contribution < 1.29 is 4.79 Å². The van der Waals surface area contributed by atoms with Crippen LogP contribution in [0, 0.1) is 11.3 Å². The van der Waals surface area contributed by atoms with Crippen molar-refractivity contribution in [1.29, 1.82) is 5.26 Å². The summed E-state index contributed by atoms with van der Waals surface area (Å²) in [4.78, 5) is 31.1. The molecule has 4 aromatic rings. The lowest BCUT2D eigenvalue weighted by Gasteiger charge is -2.10. The van der Waals surface area contributed by atoms with Gasteiger partial charge in [0, 0.05) is 17.1 Å². The molecule has 0 aliphatic heterocycles. The van der Waals surface area contributed by atoms with Crippen LogP contribution in [0.25, 0.3) is 20.7 Å². The van der Waals surface area contributed by atoms with Crippen LogP contribution in [0.15, 0.2) is 70.6 Å². The van der Waals surface area contributed by atoms with E-state index in [1.807, 2.05) is 49.4 Å². The molecule has 31 heavy (non-hydrogen) atoms. The fraction of sp³-hybridized carbons (Fsp3) is 0.130. The molecule has 2 heterocycles. The smallest absolute Gasteiger partial charge is 0.272 e. The highest BCUT2D eigenvalue weighted by Gasteiger charge is 2.16. The molecule has 0 radical (unpaired) electrons. The first-order valence-corrected chi connectivity index (χ1v) is 11.4. The van der Waals surface area contributed by atoms with Gasteiger partial charge >= 0.3 is 0 Å².